The number of para-hydroxylation sites is 1. The maximum atomic E-state index is 14.5. The Hall–Kier alpha value is -3.01. The van der Waals surface area contributed by atoms with E-state index in [1.165, 1.54) is 41.9 Å². The standard InChI is InChI=1S/C38H54FN5O3/c1-7-27-16-17-30-25(3)14-18-33(44-31(8-2)26(4)13-15-28-11-9-10-12-32(28)44)40-35(42-19-21-46-22-20-42)34(30)41-36(27)47-29-23-43(24-29)37(45)38(5,6)39/h9-12,18,25,27,29,37,45H,7-8,13-17,19-24H2,1-6H3. The van der Waals surface area contributed by atoms with Gasteiger partial charge in [0, 0.05) is 37.8 Å². The summed E-state index contributed by atoms with van der Waals surface area (Å²) < 4.78 is 26.9. The minimum atomic E-state index is -1.69. The van der Waals surface area contributed by atoms with Crippen molar-refractivity contribution in [1.29, 1.82) is 0 Å². The van der Waals surface area contributed by atoms with Crippen LogP contribution in [-0.2, 0) is 15.9 Å². The summed E-state index contributed by atoms with van der Waals surface area (Å²) in [6.07, 6.45) is 7.74. The van der Waals surface area contributed by atoms with Crippen LogP contribution < -0.4 is 4.90 Å². The average molecular weight is 648 g/mol. The lowest BCUT2D eigenvalue weighted by atomic mass is 9.88. The molecule has 5 heterocycles. The molecule has 0 spiro atoms. The Bertz CT molecular complexity index is 1460. The van der Waals surface area contributed by atoms with Crippen LogP contribution in [0.4, 0.5) is 10.1 Å². The number of allylic oxidation sites excluding steroid dienone is 4. The number of aliphatic imine (C=N–C) groups is 2. The highest BCUT2D eigenvalue weighted by molar-refractivity contribution is 6.02. The third-order valence-corrected chi connectivity index (χ3v) is 10.6. The summed E-state index contributed by atoms with van der Waals surface area (Å²) in [7, 11) is 0. The number of amidine groups is 1. The molecule has 2 saturated heterocycles. The van der Waals surface area contributed by atoms with E-state index in [0.29, 0.717) is 26.3 Å². The number of aliphatic hydroxyl groups excluding tert-OH is 1. The van der Waals surface area contributed by atoms with Crippen LogP contribution in [0.25, 0.3) is 0 Å². The van der Waals surface area contributed by atoms with Gasteiger partial charge >= 0.3 is 0 Å². The number of hydrogen-bond donors (Lipinski definition) is 1. The van der Waals surface area contributed by atoms with Crippen molar-refractivity contribution in [2.24, 2.45) is 21.8 Å². The number of ether oxygens (including phenoxy) is 2. The fourth-order valence-corrected chi connectivity index (χ4v) is 7.60. The molecule has 3 unspecified atom stereocenters. The molecule has 0 aromatic heterocycles. The molecule has 0 amide bonds. The Morgan fingerprint density at radius 3 is 2.53 bits per heavy atom. The summed E-state index contributed by atoms with van der Waals surface area (Å²) in [5.41, 5.74) is 5.88. The predicted octanol–water partition coefficient (Wildman–Crippen LogP) is 6.98. The van der Waals surface area contributed by atoms with E-state index in [9.17, 15) is 9.50 Å². The number of fused-ring (bicyclic) bond motifs is 1. The van der Waals surface area contributed by atoms with Gasteiger partial charge in [0.05, 0.1) is 18.9 Å². The number of rotatable bonds is 6. The molecule has 0 bridgehead atoms. The predicted molar refractivity (Wildman–Crippen MR) is 187 cm³/mol. The Morgan fingerprint density at radius 2 is 1.83 bits per heavy atom. The van der Waals surface area contributed by atoms with Crippen molar-refractivity contribution < 1.29 is 19.0 Å². The number of likely N-dealkylation sites (tertiary alicyclic amines) is 1. The molecule has 1 N–H and O–H groups in total. The Labute approximate surface area is 280 Å². The van der Waals surface area contributed by atoms with Gasteiger partial charge in [-0.25, -0.2) is 14.4 Å². The molecule has 0 aliphatic carbocycles. The van der Waals surface area contributed by atoms with Crippen LogP contribution in [0.2, 0.25) is 0 Å². The maximum absolute atomic E-state index is 14.5. The van der Waals surface area contributed by atoms with Gasteiger partial charge in [0.25, 0.3) is 0 Å². The number of benzene rings is 1. The van der Waals surface area contributed by atoms with E-state index in [1.54, 1.807) is 4.90 Å². The van der Waals surface area contributed by atoms with Crippen LogP contribution in [0.1, 0.15) is 85.6 Å². The lowest BCUT2D eigenvalue weighted by molar-refractivity contribution is -0.149. The molecule has 5 aliphatic heterocycles. The van der Waals surface area contributed by atoms with Gasteiger partial charge in [-0.3, -0.25) is 9.80 Å². The summed E-state index contributed by atoms with van der Waals surface area (Å²) in [5.74, 6) is 3.08. The lowest BCUT2D eigenvalue weighted by Gasteiger charge is -2.44. The summed E-state index contributed by atoms with van der Waals surface area (Å²) in [6, 6.07) is 8.78. The van der Waals surface area contributed by atoms with Crippen molar-refractivity contribution >= 4 is 17.4 Å². The molecule has 6 rings (SSSR count). The SMILES string of the molecule is CCC1=C(C)CCc2ccccc2N1C1=CCC(C)C2=C(N=C(OC3CN(C(O)C(C)(C)F)C3)C(CC)CC2)C(N2CCOCC2)=N1. The Kier molecular flexibility index (Phi) is 10.3. The largest absolute Gasteiger partial charge is 0.474 e. The molecular weight excluding hydrogens is 593 g/mol. The van der Waals surface area contributed by atoms with E-state index in [0.717, 1.165) is 81.3 Å². The van der Waals surface area contributed by atoms with Gasteiger partial charge in [0.15, 0.2) is 11.7 Å². The molecule has 1 aromatic carbocycles. The molecule has 256 valence electrons. The van der Waals surface area contributed by atoms with E-state index in [4.69, 9.17) is 19.5 Å². The van der Waals surface area contributed by atoms with Crippen LogP contribution in [-0.4, -0.2) is 84.0 Å². The van der Waals surface area contributed by atoms with Crippen molar-refractivity contribution in [3.63, 3.8) is 0 Å². The maximum Gasteiger partial charge on any atom is 0.192 e. The second-order valence-corrected chi connectivity index (χ2v) is 14.4. The van der Waals surface area contributed by atoms with Crippen LogP contribution in [0.5, 0.6) is 0 Å². The van der Waals surface area contributed by atoms with Crippen LogP contribution in [0.15, 0.2) is 68.7 Å². The van der Waals surface area contributed by atoms with Gasteiger partial charge < -0.3 is 19.5 Å². The first-order chi connectivity index (χ1) is 22.6. The van der Waals surface area contributed by atoms with Crippen molar-refractivity contribution in [3.05, 3.63) is 64.3 Å². The summed E-state index contributed by atoms with van der Waals surface area (Å²) in [6.45, 7) is 15.6. The Balaban J connectivity index is 1.43. The number of halogens is 1. The molecule has 47 heavy (non-hydrogen) atoms. The molecule has 3 atom stereocenters. The minimum Gasteiger partial charge on any atom is -0.474 e. The quantitative estimate of drug-likeness (QED) is 0.360. The molecule has 0 radical (unpaired) electrons. The lowest BCUT2D eigenvalue weighted by Crippen LogP contribution is -2.61. The van der Waals surface area contributed by atoms with E-state index in [-0.39, 0.29) is 17.9 Å². The van der Waals surface area contributed by atoms with Crippen LogP contribution in [0, 0.1) is 11.8 Å². The van der Waals surface area contributed by atoms with Gasteiger partial charge in [-0.15, -0.1) is 0 Å². The fourth-order valence-electron chi connectivity index (χ4n) is 7.60. The van der Waals surface area contributed by atoms with Crippen LogP contribution >= 0.6 is 0 Å². The van der Waals surface area contributed by atoms with Crippen molar-refractivity contribution in [1.82, 2.24) is 9.80 Å². The third kappa shape index (κ3) is 7.08. The zero-order valence-corrected chi connectivity index (χ0v) is 29.3. The van der Waals surface area contributed by atoms with Gasteiger partial charge in [-0.1, -0.05) is 44.5 Å². The van der Waals surface area contributed by atoms with E-state index < -0.39 is 11.9 Å². The molecule has 5 aliphatic rings. The number of morpholine rings is 1. The minimum absolute atomic E-state index is 0.138. The highest BCUT2D eigenvalue weighted by atomic mass is 19.1. The summed E-state index contributed by atoms with van der Waals surface area (Å²) in [4.78, 5) is 17.6. The topological polar surface area (TPSA) is 73.1 Å². The summed E-state index contributed by atoms with van der Waals surface area (Å²) >= 11 is 0. The summed E-state index contributed by atoms with van der Waals surface area (Å²) in [5, 5.41) is 10.5. The van der Waals surface area contributed by atoms with Gasteiger partial charge in [0.1, 0.15) is 29.5 Å². The van der Waals surface area contributed by atoms with Crippen molar-refractivity contribution in [2.75, 3.05) is 44.3 Å². The number of anilines is 1. The number of alkyl halides is 1. The molecule has 8 nitrogen and oxygen atoms in total. The van der Waals surface area contributed by atoms with Gasteiger partial charge in [-0.05, 0) is 94.9 Å². The monoisotopic (exact) mass is 647 g/mol. The van der Waals surface area contributed by atoms with Crippen molar-refractivity contribution in [2.45, 2.75) is 104 Å². The zero-order valence-electron chi connectivity index (χ0n) is 29.3. The highest BCUT2D eigenvalue weighted by Gasteiger charge is 2.42. The first-order valence-electron chi connectivity index (χ1n) is 17.9. The van der Waals surface area contributed by atoms with E-state index in [1.807, 2.05) is 0 Å². The highest BCUT2D eigenvalue weighted by Crippen LogP contribution is 2.40. The molecule has 0 saturated carbocycles. The molecule has 1 aromatic rings. The van der Waals surface area contributed by atoms with Gasteiger partial charge in [0.2, 0.25) is 0 Å². The number of aliphatic hydroxyl groups is 1. The normalized spacial score (nSPS) is 25.7. The second-order valence-electron chi connectivity index (χ2n) is 14.4. The number of nitrogens with zero attached hydrogens (tertiary/aromatic N) is 5. The zero-order chi connectivity index (χ0) is 33.3. The van der Waals surface area contributed by atoms with E-state index >= 15 is 0 Å². The molecule has 9 heteroatoms. The Morgan fingerprint density at radius 1 is 1.09 bits per heavy atom. The second kappa shape index (κ2) is 14.2. The van der Waals surface area contributed by atoms with Crippen LogP contribution in [0.3, 0.4) is 0 Å². The average Bonchev–Trinajstić information content (AvgIpc) is 3.30. The molecular formula is C38H54FN5O3. The van der Waals surface area contributed by atoms with Gasteiger partial charge in [-0.2, -0.15) is 0 Å². The smallest absolute Gasteiger partial charge is 0.192 e. The van der Waals surface area contributed by atoms with Crippen molar-refractivity contribution in [3.8, 4) is 0 Å². The number of aryl methyl sites for hydroxylation is 1. The first-order valence-corrected chi connectivity index (χ1v) is 17.9. The molecule has 2 fully saturated rings. The third-order valence-electron chi connectivity index (χ3n) is 10.6. The first kappa shape index (κ1) is 33.9. The number of hydrogen-bond acceptors (Lipinski definition) is 8. The fraction of sp³-hybridized carbons (Fsp3) is 0.632. The van der Waals surface area contributed by atoms with E-state index in [2.05, 4.69) is 67.8 Å².